The van der Waals surface area contributed by atoms with E-state index in [4.69, 9.17) is 0 Å². The highest BCUT2D eigenvalue weighted by atomic mass is 32.2. The van der Waals surface area contributed by atoms with E-state index in [0.29, 0.717) is 17.3 Å². The second-order valence-corrected chi connectivity index (χ2v) is 7.81. The van der Waals surface area contributed by atoms with Gasteiger partial charge in [0.15, 0.2) is 0 Å². The summed E-state index contributed by atoms with van der Waals surface area (Å²) in [5, 5.41) is 3.07. The first-order chi connectivity index (χ1) is 9.06. The van der Waals surface area contributed by atoms with Gasteiger partial charge in [0.1, 0.15) is 4.21 Å². The Morgan fingerprint density at radius 3 is 2.37 bits per heavy atom. The third kappa shape index (κ3) is 4.56. The third-order valence-corrected chi connectivity index (χ3v) is 6.31. The van der Waals surface area contributed by atoms with Gasteiger partial charge < -0.3 is 5.32 Å². The number of nitrogens with zero attached hydrogens (tertiary/aromatic N) is 1. The smallest absolute Gasteiger partial charge is 0.252 e. The summed E-state index contributed by atoms with van der Waals surface area (Å²) in [6, 6.07) is 3.66. The minimum Gasteiger partial charge on any atom is -0.319 e. The van der Waals surface area contributed by atoms with Gasteiger partial charge >= 0.3 is 0 Å². The standard InChI is InChI=1S/C13H24N2O2S2/c1-4-10-15(11-5-2)19(16,17)13-7-6-12(18-13)8-9-14-3/h6-7,14H,4-5,8-11H2,1-3H3. The van der Waals surface area contributed by atoms with Crippen LogP contribution in [0.3, 0.4) is 0 Å². The quantitative estimate of drug-likeness (QED) is 0.762. The minimum atomic E-state index is -3.30. The number of nitrogens with one attached hydrogen (secondary N) is 1. The topological polar surface area (TPSA) is 49.4 Å². The first kappa shape index (κ1) is 16.6. The van der Waals surface area contributed by atoms with Crippen LogP contribution in [0, 0.1) is 0 Å². The maximum absolute atomic E-state index is 12.5. The molecule has 0 saturated carbocycles. The van der Waals surface area contributed by atoms with E-state index in [-0.39, 0.29) is 0 Å². The minimum absolute atomic E-state index is 0.473. The van der Waals surface area contributed by atoms with Crippen LogP contribution in [0.25, 0.3) is 0 Å². The van der Waals surface area contributed by atoms with E-state index in [0.717, 1.165) is 30.7 Å². The molecule has 1 aromatic heterocycles. The van der Waals surface area contributed by atoms with E-state index in [9.17, 15) is 8.42 Å². The summed E-state index contributed by atoms with van der Waals surface area (Å²) in [5.74, 6) is 0. The monoisotopic (exact) mass is 304 g/mol. The Morgan fingerprint density at radius 1 is 1.21 bits per heavy atom. The summed E-state index contributed by atoms with van der Waals surface area (Å²) in [7, 11) is -1.40. The van der Waals surface area contributed by atoms with E-state index >= 15 is 0 Å². The fourth-order valence-corrected chi connectivity index (χ4v) is 4.99. The maximum atomic E-state index is 12.5. The SMILES string of the molecule is CCCN(CCC)S(=O)(=O)c1ccc(CCNC)s1. The normalized spacial score (nSPS) is 12.2. The third-order valence-electron chi connectivity index (χ3n) is 2.80. The molecule has 1 rings (SSSR count). The summed E-state index contributed by atoms with van der Waals surface area (Å²) in [4.78, 5) is 1.11. The van der Waals surface area contributed by atoms with E-state index in [1.807, 2.05) is 27.0 Å². The van der Waals surface area contributed by atoms with Crippen molar-refractivity contribution in [2.24, 2.45) is 0 Å². The zero-order valence-corrected chi connectivity index (χ0v) is 13.6. The van der Waals surface area contributed by atoms with Gasteiger partial charge in [-0.25, -0.2) is 8.42 Å². The molecule has 0 fully saturated rings. The van der Waals surface area contributed by atoms with Gasteiger partial charge in [-0.3, -0.25) is 0 Å². The molecule has 0 unspecified atom stereocenters. The molecule has 1 heterocycles. The van der Waals surface area contributed by atoms with E-state index in [2.05, 4.69) is 5.32 Å². The fraction of sp³-hybridized carbons (Fsp3) is 0.692. The molecule has 0 saturated heterocycles. The molecular formula is C13H24N2O2S2. The molecular weight excluding hydrogens is 280 g/mol. The van der Waals surface area contributed by atoms with Crippen molar-refractivity contribution in [2.75, 3.05) is 26.7 Å². The molecule has 0 amide bonds. The molecule has 1 aromatic rings. The molecule has 0 aromatic carbocycles. The Balaban J connectivity index is 2.88. The highest BCUT2D eigenvalue weighted by molar-refractivity contribution is 7.91. The lowest BCUT2D eigenvalue weighted by Gasteiger charge is -2.19. The number of hydrogen-bond acceptors (Lipinski definition) is 4. The first-order valence-electron chi connectivity index (χ1n) is 6.79. The van der Waals surface area contributed by atoms with E-state index in [1.165, 1.54) is 11.3 Å². The Labute approximate surface area is 120 Å². The largest absolute Gasteiger partial charge is 0.319 e. The van der Waals surface area contributed by atoms with Gasteiger partial charge in [0.25, 0.3) is 10.0 Å². The van der Waals surface area contributed by atoms with Crippen molar-refractivity contribution in [1.82, 2.24) is 9.62 Å². The van der Waals surface area contributed by atoms with Crippen LogP contribution >= 0.6 is 11.3 Å². The first-order valence-corrected chi connectivity index (χ1v) is 9.05. The highest BCUT2D eigenvalue weighted by Gasteiger charge is 2.24. The van der Waals surface area contributed by atoms with E-state index in [1.54, 1.807) is 10.4 Å². The average molecular weight is 304 g/mol. The average Bonchev–Trinajstić information content (AvgIpc) is 2.85. The van der Waals surface area contributed by atoms with E-state index < -0.39 is 10.0 Å². The lowest BCUT2D eigenvalue weighted by molar-refractivity contribution is 0.411. The number of rotatable bonds is 9. The molecule has 0 bridgehead atoms. The van der Waals surface area contributed by atoms with Crippen LogP contribution < -0.4 is 5.32 Å². The van der Waals surface area contributed by atoms with Crippen molar-refractivity contribution in [3.05, 3.63) is 17.0 Å². The summed E-state index contributed by atoms with van der Waals surface area (Å²) < 4.78 is 27.1. The van der Waals surface area contributed by atoms with Crippen molar-refractivity contribution in [3.8, 4) is 0 Å². The second kappa shape index (κ2) is 7.99. The van der Waals surface area contributed by atoms with Crippen molar-refractivity contribution >= 4 is 21.4 Å². The van der Waals surface area contributed by atoms with Gasteiger partial charge in [0.05, 0.1) is 0 Å². The van der Waals surface area contributed by atoms with Gasteiger partial charge in [-0.05, 0) is 45.0 Å². The Morgan fingerprint density at radius 2 is 1.84 bits per heavy atom. The lowest BCUT2D eigenvalue weighted by atomic mass is 10.3. The molecule has 6 heteroatoms. The molecule has 0 aliphatic rings. The van der Waals surface area contributed by atoms with Crippen LogP contribution in [-0.2, 0) is 16.4 Å². The number of hydrogen-bond donors (Lipinski definition) is 1. The van der Waals surface area contributed by atoms with Crippen molar-refractivity contribution in [3.63, 3.8) is 0 Å². The number of thiophene rings is 1. The molecule has 0 radical (unpaired) electrons. The molecule has 19 heavy (non-hydrogen) atoms. The van der Waals surface area contributed by atoms with Gasteiger partial charge in [-0.2, -0.15) is 4.31 Å². The molecule has 0 aliphatic heterocycles. The molecule has 110 valence electrons. The lowest BCUT2D eigenvalue weighted by Crippen LogP contribution is -2.32. The van der Waals surface area contributed by atoms with Crippen LogP contribution in [0.2, 0.25) is 0 Å². The van der Waals surface area contributed by atoms with Crippen LogP contribution in [0.1, 0.15) is 31.6 Å². The van der Waals surface area contributed by atoms with Gasteiger partial charge in [-0.1, -0.05) is 13.8 Å². The molecule has 0 spiro atoms. The zero-order valence-electron chi connectivity index (χ0n) is 12.0. The highest BCUT2D eigenvalue weighted by Crippen LogP contribution is 2.25. The zero-order chi connectivity index (χ0) is 14.3. The maximum Gasteiger partial charge on any atom is 0.252 e. The van der Waals surface area contributed by atoms with Crippen molar-refractivity contribution < 1.29 is 8.42 Å². The Hall–Kier alpha value is -0.430. The van der Waals surface area contributed by atoms with Crippen molar-refractivity contribution in [1.29, 1.82) is 0 Å². The number of sulfonamides is 1. The van der Waals surface area contributed by atoms with Gasteiger partial charge in [0.2, 0.25) is 0 Å². The van der Waals surface area contributed by atoms with Gasteiger partial charge in [0, 0.05) is 18.0 Å². The van der Waals surface area contributed by atoms with Crippen LogP contribution in [0.4, 0.5) is 0 Å². The van der Waals surface area contributed by atoms with Gasteiger partial charge in [-0.15, -0.1) is 11.3 Å². The summed E-state index contributed by atoms with van der Waals surface area (Å²) in [6.45, 7) is 6.07. The Bertz CT molecular complexity index is 463. The summed E-state index contributed by atoms with van der Waals surface area (Å²) >= 11 is 1.39. The molecule has 0 atom stereocenters. The van der Waals surface area contributed by atoms with Crippen LogP contribution in [0.5, 0.6) is 0 Å². The predicted molar refractivity (Wildman–Crippen MR) is 81.3 cm³/mol. The second-order valence-electron chi connectivity index (χ2n) is 4.48. The predicted octanol–water partition coefficient (Wildman–Crippen LogP) is 2.32. The molecule has 0 aliphatic carbocycles. The summed E-state index contributed by atoms with van der Waals surface area (Å²) in [6.07, 6.45) is 2.56. The fourth-order valence-electron chi connectivity index (χ4n) is 1.86. The Kier molecular flexibility index (Phi) is 6.99. The van der Waals surface area contributed by atoms with Crippen molar-refractivity contribution in [2.45, 2.75) is 37.3 Å². The molecule has 1 N–H and O–H groups in total. The van der Waals surface area contributed by atoms with Crippen LogP contribution in [-0.4, -0.2) is 39.4 Å². The summed E-state index contributed by atoms with van der Waals surface area (Å²) in [5.41, 5.74) is 0. The van der Waals surface area contributed by atoms with Crippen LogP contribution in [0.15, 0.2) is 16.3 Å². The number of likely N-dealkylation sites (N-methyl/N-ethyl adjacent to an activating group) is 1. The molecule has 4 nitrogen and oxygen atoms in total.